The van der Waals surface area contributed by atoms with Crippen molar-refractivity contribution in [3.63, 3.8) is 0 Å². The first kappa shape index (κ1) is 12.8. The van der Waals surface area contributed by atoms with E-state index in [0.717, 1.165) is 5.69 Å². The zero-order valence-corrected chi connectivity index (χ0v) is 10.2. The maximum Gasteiger partial charge on any atom is 0.262 e. The molecule has 0 atom stereocenters. The SMILES string of the molecule is NNc1ncccc1OCC(=O)Nc1ccccc1. The van der Waals surface area contributed by atoms with Gasteiger partial charge in [0.05, 0.1) is 0 Å². The molecule has 0 saturated heterocycles. The number of hydrazine groups is 1. The van der Waals surface area contributed by atoms with Crippen LogP contribution in [0.1, 0.15) is 0 Å². The van der Waals surface area contributed by atoms with Gasteiger partial charge < -0.3 is 15.5 Å². The van der Waals surface area contributed by atoms with Gasteiger partial charge in [0.25, 0.3) is 5.91 Å². The summed E-state index contributed by atoms with van der Waals surface area (Å²) in [6.45, 7) is -0.116. The summed E-state index contributed by atoms with van der Waals surface area (Å²) in [6, 6.07) is 12.5. The van der Waals surface area contributed by atoms with Gasteiger partial charge in [-0.25, -0.2) is 10.8 Å². The van der Waals surface area contributed by atoms with E-state index >= 15 is 0 Å². The normalized spacial score (nSPS) is 9.74. The molecule has 1 aromatic heterocycles. The van der Waals surface area contributed by atoms with Gasteiger partial charge in [0.1, 0.15) is 0 Å². The summed E-state index contributed by atoms with van der Waals surface area (Å²) in [5, 5.41) is 2.71. The van der Waals surface area contributed by atoms with Crippen LogP contribution in [0.25, 0.3) is 0 Å². The van der Waals surface area contributed by atoms with Crippen molar-refractivity contribution in [2.75, 3.05) is 17.3 Å². The molecule has 0 aliphatic carbocycles. The highest BCUT2D eigenvalue weighted by Crippen LogP contribution is 2.19. The summed E-state index contributed by atoms with van der Waals surface area (Å²) in [4.78, 5) is 15.6. The number of benzene rings is 1. The van der Waals surface area contributed by atoms with Crippen LogP contribution in [0.3, 0.4) is 0 Å². The number of nitrogens with zero attached hydrogens (tertiary/aromatic N) is 1. The smallest absolute Gasteiger partial charge is 0.262 e. The number of hydrogen-bond acceptors (Lipinski definition) is 5. The molecule has 0 fully saturated rings. The van der Waals surface area contributed by atoms with Crippen molar-refractivity contribution in [2.24, 2.45) is 5.84 Å². The molecule has 2 rings (SSSR count). The molecule has 0 aliphatic heterocycles. The van der Waals surface area contributed by atoms with Gasteiger partial charge in [-0.1, -0.05) is 18.2 Å². The first-order valence-corrected chi connectivity index (χ1v) is 5.69. The van der Waals surface area contributed by atoms with Crippen molar-refractivity contribution in [3.05, 3.63) is 48.7 Å². The lowest BCUT2D eigenvalue weighted by atomic mass is 10.3. The van der Waals surface area contributed by atoms with Crippen LogP contribution >= 0.6 is 0 Å². The number of ether oxygens (including phenoxy) is 1. The summed E-state index contributed by atoms with van der Waals surface area (Å²) in [5.74, 6) is 5.84. The minimum atomic E-state index is -0.252. The highest BCUT2D eigenvalue weighted by Gasteiger charge is 2.06. The van der Waals surface area contributed by atoms with Crippen LogP contribution in [-0.4, -0.2) is 17.5 Å². The van der Waals surface area contributed by atoms with Crippen molar-refractivity contribution in [1.82, 2.24) is 4.98 Å². The molecule has 0 saturated carbocycles. The first-order valence-electron chi connectivity index (χ1n) is 5.69. The molecule has 0 aliphatic rings. The van der Waals surface area contributed by atoms with Crippen LogP contribution in [0.15, 0.2) is 48.7 Å². The molecule has 0 radical (unpaired) electrons. The number of carbonyl (C=O) groups is 1. The van der Waals surface area contributed by atoms with E-state index in [-0.39, 0.29) is 12.5 Å². The first-order chi connectivity index (χ1) is 9.29. The summed E-state index contributed by atoms with van der Waals surface area (Å²) in [5.41, 5.74) is 3.12. The number of pyridine rings is 1. The monoisotopic (exact) mass is 258 g/mol. The fourth-order valence-corrected chi connectivity index (χ4v) is 1.48. The minimum Gasteiger partial charge on any atom is -0.480 e. The Labute approximate surface area is 110 Å². The second-order valence-electron chi connectivity index (χ2n) is 3.70. The number of carbonyl (C=O) groups excluding carboxylic acids is 1. The molecule has 98 valence electrons. The zero-order valence-electron chi connectivity index (χ0n) is 10.2. The van der Waals surface area contributed by atoms with E-state index in [9.17, 15) is 4.79 Å². The average molecular weight is 258 g/mol. The molecule has 6 nitrogen and oxygen atoms in total. The van der Waals surface area contributed by atoms with Crippen molar-refractivity contribution in [1.29, 1.82) is 0 Å². The van der Waals surface area contributed by atoms with Gasteiger partial charge in [-0.3, -0.25) is 4.79 Å². The Kier molecular flexibility index (Phi) is 4.30. The van der Waals surface area contributed by atoms with E-state index < -0.39 is 0 Å². The molecule has 1 amide bonds. The fourth-order valence-electron chi connectivity index (χ4n) is 1.48. The molecule has 0 unspecified atom stereocenters. The molecule has 0 spiro atoms. The number of aromatic nitrogens is 1. The third-order valence-corrected chi connectivity index (χ3v) is 2.32. The standard InChI is InChI=1S/C13H14N4O2/c14-17-13-11(7-4-8-15-13)19-9-12(18)16-10-5-2-1-3-6-10/h1-8H,9,14H2,(H,15,17)(H,16,18). The molecule has 4 N–H and O–H groups in total. The van der Waals surface area contributed by atoms with Gasteiger partial charge in [-0.05, 0) is 24.3 Å². The van der Waals surface area contributed by atoms with E-state index in [4.69, 9.17) is 10.6 Å². The molecule has 2 aromatic rings. The quantitative estimate of drug-likeness (QED) is 0.557. The Bertz CT molecular complexity index is 545. The molecule has 1 aromatic carbocycles. The molecular formula is C13H14N4O2. The Morgan fingerprint density at radius 1 is 1.21 bits per heavy atom. The van der Waals surface area contributed by atoms with E-state index in [0.29, 0.717) is 11.6 Å². The Morgan fingerprint density at radius 2 is 2.00 bits per heavy atom. The number of hydrogen-bond donors (Lipinski definition) is 3. The van der Waals surface area contributed by atoms with Crippen LogP contribution in [-0.2, 0) is 4.79 Å². The number of amides is 1. The second kappa shape index (κ2) is 6.36. The lowest BCUT2D eigenvalue weighted by Gasteiger charge is -2.09. The number of nitrogens with two attached hydrogens (primary N) is 1. The summed E-state index contributed by atoms with van der Waals surface area (Å²) in [6.07, 6.45) is 1.58. The Hall–Kier alpha value is -2.60. The predicted octanol–water partition coefficient (Wildman–Crippen LogP) is 1.38. The topological polar surface area (TPSA) is 89.3 Å². The van der Waals surface area contributed by atoms with Crippen LogP contribution in [0, 0.1) is 0 Å². The molecule has 1 heterocycles. The zero-order chi connectivity index (χ0) is 13.5. The van der Waals surface area contributed by atoms with Crippen molar-refractivity contribution < 1.29 is 9.53 Å². The van der Waals surface area contributed by atoms with Gasteiger partial charge in [-0.2, -0.15) is 0 Å². The van der Waals surface area contributed by atoms with Crippen LogP contribution < -0.4 is 21.3 Å². The number of anilines is 2. The third-order valence-electron chi connectivity index (χ3n) is 2.32. The number of nitrogens with one attached hydrogen (secondary N) is 2. The Balaban J connectivity index is 1.90. The summed E-state index contributed by atoms with van der Waals surface area (Å²) >= 11 is 0. The number of para-hydroxylation sites is 1. The van der Waals surface area contributed by atoms with Crippen LogP contribution in [0.4, 0.5) is 11.5 Å². The van der Waals surface area contributed by atoms with Gasteiger partial charge in [0, 0.05) is 11.9 Å². The largest absolute Gasteiger partial charge is 0.480 e. The lowest BCUT2D eigenvalue weighted by molar-refractivity contribution is -0.118. The van der Waals surface area contributed by atoms with Gasteiger partial charge in [0.15, 0.2) is 18.2 Å². The number of rotatable bonds is 5. The van der Waals surface area contributed by atoms with Crippen molar-refractivity contribution >= 4 is 17.4 Å². The maximum atomic E-state index is 11.7. The second-order valence-corrected chi connectivity index (χ2v) is 3.70. The third kappa shape index (κ3) is 3.68. The van der Waals surface area contributed by atoms with Crippen LogP contribution in [0.5, 0.6) is 5.75 Å². The highest BCUT2D eigenvalue weighted by atomic mass is 16.5. The predicted molar refractivity (Wildman–Crippen MR) is 72.6 cm³/mol. The van der Waals surface area contributed by atoms with E-state index in [1.54, 1.807) is 30.5 Å². The fraction of sp³-hybridized carbons (Fsp3) is 0.0769. The van der Waals surface area contributed by atoms with Gasteiger partial charge in [-0.15, -0.1) is 0 Å². The number of nitrogen functional groups attached to an aromatic ring is 1. The van der Waals surface area contributed by atoms with Crippen molar-refractivity contribution in [2.45, 2.75) is 0 Å². The lowest BCUT2D eigenvalue weighted by Crippen LogP contribution is -2.21. The Morgan fingerprint density at radius 3 is 2.74 bits per heavy atom. The van der Waals surface area contributed by atoms with E-state index in [1.165, 1.54) is 0 Å². The average Bonchev–Trinajstić information content (AvgIpc) is 2.46. The van der Waals surface area contributed by atoms with E-state index in [2.05, 4.69) is 15.7 Å². The molecular weight excluding hydrogens is 244 g/mol. The van der Waals surface area contributed by atoms with E-state index in [1.807, 2.05) is 18.2 Å². The molecule has 6 heteroatoms. The summed E-state index contributed by atoms with van der Waals surface area (Å²) < 4.78 is 5.34. The minimum absolute atomic E-state index is 0.116. The molecule has 19 heavy (non-hydrogen) atoms. The summed E-state index contributed by atoms with van der Waals surface area (Å²) in [7, 11) is 0. The van der Waals surface area contributed by atoms with Gasteiger partial charge >= 0.3 is 0 Å². The van der Waals surface area contributed by atoms with Crippen molar-refractivity contribution in [3.8, 4) is 5.75 Å². The molecule has 0 bridgehead atoms. The van der Waals surface area contributed by atoms with Crippen LogP contribution in [0.2, 0.25) is 0 Å². The maximum absolute atomic E-state index is 11.7. The highest BCUT2D eigenvalue weighted by molar-refractivity contribution is 5.91. The van der Waals surface area contributed by atoms with Gasteiger partial charge in [0.2, 0.25) is 0 Å².